The Morgan fingerprint density at radius 3 is 2.59 bits per heavy atom. The van der Waals surface area contributed by atoms with Gasteiger partial charge in [-0.05, 0) is 18.1 Å². The zero-order valence-electron chi connectivity index (χ0n) is 10.1. The normalized spacial score (nSPS) is 10.9. The van der Waals surface area contributed by atoms with Gasteiger partial charge in [-0.3, -0.25) is 0 Å². The first-order valence-electron chi connectivity index (χ1n) is 5.27. The lowest BCUT2D eigenvalue weighted by Crippen LogP contribution is -1.85. The molecular formula is C15H16N2. The molecule has 0 radical (unpaired) electrons. The van der Waals surface area contributed by atoms with E-state index in [2.05, 4.69) is 29.7 Å². The number of aliphatic imine (C=N–C) groups is 2. The fraction of sp³-hybridized carbons (Fsp3) is 0.0667. The summed E-state index contributed by atoms with van der Waals surface area (Å²) in [7, 11) is 0. The summed E-state index contributed by atoms with van der Waals surface area (Å²) in [6.07, 6.45) is 4.69. The first kappa shape index (κ1) is 12.8. The van der Waals surface area contributed by atoms with Crippen molar-refractivity contribution >= 4 is 18.3 Å². The van der Waals surface area contributed by atoms with Gasteiger partial charge in [0.05, 0.1) is 5.70 Å². The molecule has 0 aromatic heterocycles. The highest BCUT2D eigenvalue weighted by atomic mass is 14.9. The molecule has 0 aliphatic carbocycles. The molecular weight excluding hydrogens is 208 g/mol. The lowest BCUT2D eigenvalue weighted by atomic mass is 10.1. The molecule has 0 heterocycles. The number of hydrogen-bond acceptors (Lipinski definition) is 1. The van der Waals surface area contributed by atoms with Gasteiger partial charge in [0.25, 0.3) is 0 Å². The molecule has 0 spiro atoms. The summed E-state index contributed by atoms with van der Waals surface area (Å²) < 4.78 is 0. The van der Waals surface area contributed by atoms with Gasteiger partial charge >= 0.3 is 0 Å². The number of allylic oxidation sites excluding steroid dienone is 2. The van der Waals surface area contributed by atoms with Gasteiger partial charge in [-0.1, -0.05) is 50.1 Å². The Kier molecular flexibility index (Phi) is 4.82. The van der Waals surface area contributed by atoms with Gasteiger partial charge in [0.15, 0.2) is 0 Å². The van der Waals surface area contributed by atoms with Crippen LogP contribution in [0.5, 0.6) is 0 Å². The molecule has 1 aromatic carbocycles. The van der Waals surface area contributed by atoms with E-state index in [9.17, 15) is 0 Å². The maximum absolute atomic E-state index is 4.17. The minimum Gasteiger partial charge on any atom is -0.244 e. The fourth-order valence-corrected chi connectivity index (χ4v) is 1.25. The third-order valence-corrected chi connectivity index (χ3v) is 2.24. The summed E-state index contributed by atoms with van der Waals surface area (Å²) in [6.45, 7) is 13.2. The third kappa shape index (κ3) is 4.03. The molecule has 0 unspecified atom stereocenters. The van der Waals surface area contributed by atoms with Crippen LogP contribution in [-0.2, 0) is 0 Å². The summed E-state index contributed by atoms with van der Waals surface area (Å²) in [5.41, 5.74) is 3.62. The van der Waals surface area contributed by atoms with E-state index in [-0.39, 0.29) is 0 Å². The summed E-state index contributed by atoms with van der Waals surface area (Å²) >= 11 is 0. The largest absolute Gasteiger partial charge is 0.244 e. The average Bonchev–Trinajstić information content (AvgIpc) is 2.34. The van der Waals surface area contributed by atoms with Crippen molar-refractivity contribution in [2.45, 2.75) is 6.92 Å². The zero-order valence-corrected chi connectivity index (χ0v) is 10.1. The van der Waals surface area contributed by atoms with Crippen LogP contribution in [0.25, 0.3) is 5.70 Å². The molecule has 2 nitrogen and oxygen atoms in total. The summed E-state index contributed by atoms with van der Waals surface area (Å²) in [6, 6.07) is 7.97. The average molecular weight is 224 g/mol. The molecule has 1 rings (SSSR count). The zero-order chi connectivity index (χ0) is 12.7. The molecule has 1 aromatic rings. The summed E-state index contributed by atoms with van der Waals surface area (Å²) in [5, 5.41) is 0. The van der Waals surface area contributed by atoms with E-state index in [1.165, 1.54) is 6.34 Å². The van der Waals surface area contributed by atoms with Crippen LogP contribution in [0, 0.1) is 6.92 Å². The van der Waals surface area contributed by atoms with E-state index in [1.807, 2.05) is 31.2 Å². The van der Waals surface area contributed by atoms with Gasteiger partial charge in [-0.25, -0.2) is 9.98 Å². The highest BCUT2D eigenvalue weighted by Crippen LogP contribution is 2.17. The predicted molar refractivity (Wildman–Crippen MR) is 76.5 cm³/mol. The second-order valence-corrected chi connectivity index (χ2v) is 3.56. The second-order valence-electron chi connectivity index (χ2n) is 3.56. The van der Waals surface area contributed by atoms with Crippen molar-refractivity contribution in [3.05, 3.63) is 66.8 Å². The molecule has 0 saturated carbocycles. The minimum absolute atomic E-state index is 0.699. The Morgan fingerprint density at radius 2 is 1.94 bits per heavy atom. The van der Waals surface area contributed by atoms with Gasteiger partial charge in [-0.15, -0.1) is 0 Å². The number of hydrogen-bond donors (Lipinski definition) is 0. The van der Waals surface area contributed by atoms with Gasteiger partial charge in [-0.2, -0.15) is 0 Å². The SMILES string of the molecule is C=CC(=C)C=NC=NC(=C)c1ccccc1C. The van der Waals surface area contributed by atoms with Crippen molar-refractivity contribution in [2.75, 3.05) is 0 Å². The minimum atomic E-state index is 0.699. The van der Waals surface area contributed by atoms with Crippen LogP contribution in [0.1, 0.15) is 11.1 Å². The van der Waals surface area contributed by atoms with Crippen LogP contribution in [0.2, 0.25) is 0 Å². The summed E-state index contributed by atoms with van der Waals surface area (Å²) in [5.74, 6) is 0. The maximum Gasteiger partial charge on any atom is 0.116 e. The standard InChI is InChI=1S/C15H16N2/c1-5-12(2)10-16-11-17-14(4)15-9-7-6-8-13(15)3/h5-11H,1-2,4H2,3H3. The highest BCUT2D eigenvalue weighted by Gasteiger charge is 1.98. The molecule has 0 aliphatic rings. The van der Waals surface area contributed by atoms with Crippen LogP contribution >= 0.6 is 0 Å². The van der Waals surface area contributed by atoms with Gasteiger partial charge in [0.1, 0.15) is 6.34 Å². The van der Waals surface area contributed by atoms with E-state index >= 15 is 0 Å². The molecule has 0 amide bonds. The topological polar surface area (TPSA) is 24.7 Å². The second kappa shape index (κ2) is 6.38. The molecule has 0 fully saturated rings. The molecule has 0 atom stereocenters. The molecule has 2 heteroatoms. The lowest BCUT2D eigenvalue weighted by molar-refractivity contribution is 1.39. The smallest absolute Gasteiger partial charge is 0.116 e. The van der Waals surface area contributed by atoms with Crippen molar-refractivity contribution in [1.29, 1.82) is 0 Å². The van der Waals surface area contributed by atoms with Crippen LogP contribution in [0.15, 0.2) is 65.6 Å². The van der Waals surface area contributed by atoms with Crippen molar-refractivity contribution in [3.8, 4) is 0 Å². The number of nitrogens with zero attached hydrogens (tertiary/aromatic N) is 2. The van der Waals surface area contributed by atoms with Crippen LogP contribution in [-0.4, -0.2) is 12.6 Å². The Hall–Kier alpha value is -2.22. The first-order valence-corrected chi connectivity index (χ1v) is 5.27. The Bertz CT molecular complexity index is 493. The fourth-order valence-electron chi connectivity index (χ4n) is 1.25. The molecule has 0 saturated heterocycles. The number of aryl methyl sites for hydroxylation is 1. The molecule has 0 aliphatic heterocycles. The maximum atomic E-state index is 4.17. The third-order valence-electron chi connectivity index (χ3n) is 2.24. The van der Waals surface area contributed by atoms with Crippen molar-refractivity contribution < 1.29 is 0 Å². The molecule has 86 valence electrons. The van der Waals surface area contributed by atoms with Crippen molar-refractivity contribution in [2.24, 2.45) is 9.98 Å². The highest BCUT2D eigenvalue weighted by molar-refractivity contribution is 5.88. The quantitative estimate of drug-likeness (QED) is 0.413. The van der Waals surface area contributed by atoms with Crippen molar-refractivity contribution in [1.82, 2.24) is 0 Å². The monoisotopic (exact) mass is 224 g/mol. The van der Waals surface area contributed by atoms with Gasteiger partial charge < -0.3 is 0 Å². The molecule has 0 bridgehead atoms. The van der Waals surface area contributed by atoms with Crippen LogP contribution in [0.3, 0.4) is 0 Å². The van der Waals surface area contributed by atoms with E-state index in [4.69, 9.17) is 0 Å². The van der Waals surface area contributed by atoms with Crippen LogP contribution < -0.4 is 0 Å². The van der Waals surface area contributed by atoms with Crippen molar-refractivity contribution in [3.63, 3.8) is 0 Å². The van der Waals surface area contributed by atoms with Gasteiger partial charge in [0, 0.05) is 11.8 Å². The summed E-state index contributed by atoms with van der Waals surface area (Å²) in [4.78, 5) is 8.16. The predicted octanol–water partition coefficient (Wildman–Crippen LogP) is 3.81. The Balaban J connectivity index is 2.71. The van der Waals surface area contributed by atoms with E-state index < -0.39 is 0 Å². The number of rotatable bonds is 5. The molecule has 17 heavy (non-hydrogen) atoms. The Morgan fingerprint density at radius 1 is 1.24 bits per heavy atom. The van der Waals surface area contributed by atoms with E-state index in [0.717, 1.165) is 16.7 Å². The first-order chi connectivity index (χ1) is 8.15. The lowest BCUT2D eigenvalue weighted by Gasteiger charge is -2.02. The van der Waals surface area contributed by atoms with E-state index in [1.54, 1.807) is 12.3 Å². The van der Waals surface area contributed by atoms with E-state index in [0.29, 0.717) is 5.70 Å². The van der Waals surface area contributed by atoms with Gasteiger partial charge in [0.2, 0.25) is 0 Å². The Labute approximate surface area is 102 Å². The molecule has 0 N–H and O–H groups in total. The van der Waals surface area contributed by atoms with Crippen LogP contribution in [0.4, 0.5) is 0 Å². The number of benzene rings is 1.